The van der Waals surface area contributed by atoms with Gasteiger partial charge in [0.1, 0.15) is 18.5 Å². The van der Waals surface area contributed by atoms with E-state index >= 15 is 0 Å². The van der Waals surface area contributed by atoms with E-state index in [1.54, 1.807) is 24.3 Å². The van der Waals surface area contributed by atoms with Crippen LogP contribution in [0.5, 0.6) is 5.75 Å². The first-order chi connectivity index (χ1) is 12.5. The monoisotopic (exact) mass is 425 g/mol. The van der Waals surface area contributed by atoms with Crippen LogP contribution in [0.3, 0.4) is 0 Å². The third kappa shape index (κ3) is 4.69. The molecule has 2 aromatic rings. The predicted molar refractivity (Wildman–Crippen MR) is 89.9 cm³/mol. The third-order valence-electron chi connectivity index (χ3n) is 3.69. The summed E-state index contributed by atoms with van der Waals surface area (Å²) in [5.74, 6) is -0.493. The van der Waals surface area contributed by atoms with Crippen molar-refractivity contribution in [3.05, 3.63) is 42.0 Å². The summed E-state index contributed by atoms with van der Waals surface area (Å²) in [5.41, 5.74) is -5.60. The fourth-order valence-electron chi connectivity index (χ4n) is 2.39. The van der Waals surface area contributed by atoms with Gasteiger partial charge in [0, 0.05) is 5.39 Å². The lowest BCUT2D eigenvalue weighted by Gasteiger charge is -2.13. The maximum absolute atomic E-state index is 12.4. The lowest BCUT2D eigenvalue weighted by atomic mass is 10.0. The van der Waals surface area contributed by atoms with Crippen molar-refractivity contribution in [3.63, 3.8) is 0 Å². The maximum atomic E-state index is 12.4. The van der Waals surface area contributed by atoms with E-state index < -0.39 is 31.3 Å². The molecule has 1 atom stereocenters. The summed E-state index contributed by atoms with van der Waals surface area (Å²) in [6.07, 6.45) is 0.000548. The van der Waals surface area contributed by atoms with E-state index in [0.29, 0.717) is 29.7 Å². The maximum Gasteiger partial charge on any atom is 0.512 e. The van der Waals surface area contributed by atoms with Crippen molar-refractivity contribution >= 4 is 30.8 Å². The Bertz CT molecular complexity index is 1060. The van der Waals surface area contributed by atoms with E-state index in [1.165, 1.54) is 12.1 Å². The standard InChI is InChI=1S/C15H14F3NO6S2/c16-15(17,18)27(22,23)19-26(20,21)9-10-3-1-5-13-12(10)4-2-6-14(13)25-8-11-7-24-11/h1-6,11,19H,7-9H2. The number of benzene rings is 2. The first-order valence-electron chi connectivity index (χ1n) is 7.56. The minimum atomic E-state index is -6.02. The van der Waals surface area contributed by atoms with Crippen LogP contribution < -0.4 is 8.86 Å². The number of halogens is 3. The molecule has 0 amide bonds. The number of epoxide rings is 1. The molecular weight excluding hydrogens is 411 g/mol. The van der Waals surface area contributed by atoms with Crippen LogP contribution >= 0.6 is 0 Å². The van der Waals surface area contributed by atoms with Crippen molar-refractivity contribution in [2.45, 2.75) is 17.4 Å². The molecule has 1 aliphatic rings. The van der Waals surface area contributed by atoms with Crippen LogP contribution in [0.2, 0.25) is 0 Å². The van der Waals surface area contributed by atoms with Crippen LogP contribution in [0.25, 0.3) is 10.8 Å². The molecule has 1 N–H and O–H groups in total. The zero-order chi connectivity index (χ0) is 19.9. The third-order valence-corrected chi connectivity index (χ3v) is 6.88. The molecule has 7 nitrogen and oxygen atoms in total. The van der Waals surface area contributed by atoms with E-state index in [2.05, 4.69) is 0 Å². The SMILES string of the molecule is O=S(=O)(Cc1cccc2c(OCC3CO3)cccc12)NS(=O)(=O)C(F)(F)F. The first kappa shape index (κ1) is 19.9. The topological polar surface area (TPSA) is 102 Å². The van der Waals surface area contributed by atoms with Crippen LogP contribution in [0.1, 0.15) is 5.56 Å². The highest BCUT2D eigenvalue weighted by Gasteiger charge is 2.48. The molecule has 0 aliphatic carbocycles. The Morgan fingerprint density at radius 3 is 2.33 bits per heavy atom. The number of ether oxygens (including phenoxy) is 2. The Labute approximate surface area is 153 Å². The highest BCUT2D eigenvalue weighted by atomic mass is 32.3. The minimum absolute atomic E-state index is 0.000548. The van der Waals surface area contributed by atoms with E-state index in [1.807, 2.05) is 0 Å². The zero-order valence-electron chi connectivity index (χ0n) is 13.6. The summed E-state index contributed by atoms with van der Waals surface area (Å²) in [7, 11) is -10.8. The molecule has 0 aromatic heterocycles. The van der Waals surface area contributed by atoms with Gasteiger partial charge >= 0.3 is 15.5 Å². The Hall–Kier alpha value is -1.89. The van der Waals surface area contributed by atoms with Gasteiger partial charge in [-0.2, -0.15) is 13.2 Å². The molecule has 12 heteroatoms. The van der Waals surface area contributed by atoms with Gasteiger partial charge in [-0.3, -0.25) is 0 Å². The van der Waals surface area contributed by atoms with Crippen LogP contribution in [0.4, 0.5) is 13.2 Å². The van der Waals surface area contributed by atoms with Gasteiger partial charge in [-0.05, 0) is 17.0 Å². The quantitative estimate of drug-likeness (QED) is 0.680. The normalized spacial score (nSPS) is 17.8. The molecule has 3 rings (SSSR count). The van der Waals surface area contributed by atoms with Crippen molar-refractivity contribution in [1.82, 2.24) is 4.13 Å². The van der Waals surface area contributed by atoms with Crippen LogP contribution in [-0.4, -0.2) is 41.7 Å². The summed E-state index contributed by atoms with van der Waals surface area (Å²) in [6, 6.07) is 9.38. The zero-order valence-corrected chi connectivity index (χ0v) is 15.2. The number of rotatable bonds is 7. The van der Waals surface area contributed by atoms with Gasteiger partial charge in [-0.25, -0.2) is 16.8 Å². The van der Waals surface area contributed by atoms with Crippen molar-refractivity contribution in [1.29, 1.82) is 0 Å². The Balaban J connectivity index is 1.89. The van der Waals surface area contributed by atoms with Gasteiger partial charge in [-0.15, -0.1) is 4.13 Å². The molecular formula is C15H14F3NO6S2. The lowest BCUT2D eigenvalue weighted by Crippen LogP contribution is -2.40. The van der Waals surface area contributed by atoms with Crippen LogP contribution in [0.15, 0.2) is 36.4 Å². The summed E-state index contributed by atoms with van der Waals surface area (Å²) in [5, 5.41) is 0.964. The predicted octanol–water partition coefficient (Wildman–Crippen LogP) is 1.89. The Kier molecular flexibility index (Phi) is 5.10. The molecule has 1 aliphatic heterocycles. The molecule has 0 spiro atoms. The van der Waals surface area contributed by atoms with Gasteiger partial charge in [0.25, 0.3) is 0 Å². The number of hydrogen-bond acceptors (Lipinski definition) is 6. The Morgan fingerprint density at radius 1 is 1.07 bits per heavy atom. The summed E-state index contributed by atoms with van der Waals surface area (Å²) >= 11 is 0. The second-order valence-electron chi connectivity index (χ2n) is 5.83. The van der Waals surface area contributed by atoms with Crippen LogP contribution in [0, 0.1) is 0 Å². The molecule has 0 saturated carbocycles. The van der Waals surface area contributed by atoms with Gasteiger partial charge in [0.2, 0.25) is 10.0 Å². The van der Waals surface area contributed by atoms with Crippen molar-refractivity contribution in [3.8, 4) is 5.75 Å². The number of nitrogens with one attached hydrogen (secondary N) is 1. The molecule has 1 fully saturated rings. The Morgan fingerprint density at radius 2 is 1.70 bits per heavy atom. The van der Waals surface area contributed by atoms with Crippen LogP contribution in [-0.2, 0) is 30.5 Å². The number of alkyl halides is 3. The number of fused-ring (bicyclic) bond motifs is 1. The van der Waals surface area contributed by atoms with E-state index in [4.69, 9.17) is 9.47 Å². The molecule has 1 heterocycles. The average molecular weight is 425 g/mol. The van der Waals surface area contributed by atoms with Crippen molar-refractivity contribution < 1.29 is 39.5 Å². The summed E-state index contributed by atoms with van der Waals surface area (Å²) in [6.45, 7) is 0.903. The summed E-state index contributed by atoms with van der Waals surface area (Å²) in [4.78, 5) is 0. The minimum Gasteiger partial charge on any atom is -0.490 e. The molecule has 1 saturated heterocycles. The van der Waals surface area contributed by atoms with E-state index in [-0.39, 0.29) is 11.7 Å². The second kappa shape index (κ2) is 6.93. The van der Waals surface area contributed by atoms with Gasteiger partial charge in [0.05, 0.1) is 12.4 Å². The van der Waals surface area contributed by atoms with E-state index in [9.17, 15) is 30.0 Å². The molecule has 0 bridgehead atoms. The molecule has 148 valence electrons. The number of hydrogen-bond donors (Lipinski definition) is 1. The van der Waals surface area contributed by atoms with Gasteiger partial charge in [0.15, 0.2) is 0 Å². The van der Waals surface area contributed by atoms with Gasteiger partial charge < -0.3 is 9.47 Å². The lowest BCUT2D eigenvalue weighted by molar-refractivity contribution is -0.0441. The molecule has 1 unspecified atom stereocenters. The highest BCUT2D eigenvalue weighted by Crippen LogP contribution is 2.30. The average Bonchev–Trinajstić information content (AvgIpc) is 3.35. The largest absolute Gasteiger partial charge is 0.512 e. The van der Waals surface area contributed by atoms with Crippen molar-refractivity contribution in [2.24, 2.45) is 0 Å². The number of sulfonamides is 2. The van der Waals surface area contributed by atoms with Gasteiger partial charge in [-0.1, -0.05) is 30.3 Å². The fraction of sp³-hybridized carbons (Fsp3) is 0.333. The molecule has 27 heavy (non-hydrogen) atoms. The summed E-state index contributed by atoms with van der Waals surface area (Å²) < 4.78 is 94.8. The van der Waals surface area contributed by atoms with E-state index in [0.717, 1.165) is 4.13 Å². The fourth-order valence-corrected chi connectivity index (χ4v) is 5.01. The second-order valence-corrected chi connectivity index (χ2v) is 9.48. The first-order valence-corrected chi connectivity index (χ1v) is 10.7. The highest BCUT2D eigenvalue weighted by molar-refractivity contribution is 8.04. The smallest absolute Gasteiger partial charge is 0.490 e. The molecule has 2 aromatic carbocycles. The van der Waals surface area contributed by atoms with Crippen molar-refractivity contribution in [2.75, 3.05) is 13.2 Å². The molecule has 0 radical (unpaired) electrons.